The van der Waals surface area contributed by atoms with Crippen molar-refractivity contribution in [1.29, 1.82) is 0 Å². The summed E-state index contributed by atoms with van der Waals surface area (Å²) in [7, 11) is 1.57. The zero-order valence-electron chi connectivity index (χ0n) is 17.6. The number of alkyl halides is 3. The molecule has 2 atom stereocenters. The van der Waals surface area contributed by atoms with Crippen molar-refractivity contribution in [3.8, 4) is 5.75 Å². The number of halogens is 3. The van der Waals surface area contributed by atoms with Gasteiger partial charge >= 0.3 is 6.18 Å². The Hall–Kier alpha value is -3.07. The Balaban J connectivity index is 1.63. The van der Waals surface area contributed by atoms with E-state index >= 15 is 0 Å². The second-order valence-electron chi connectivity index (χ2n) is 7.99. The van der Waals surface area contributed by atoms with Gasteiger partial charge in [0.15, 0.2) is 0 Å². The van der Waals surface area contributed by atoms with Crippen molar-refractivity contribution in [2.45, 2.75) is 37.5 Å². The summed E-state index contributed by atoms with van der Waals surface area (Å²) >= 11 is 0. The maximum absolute atomic E-state index is 13.9. The van der Waals surface area contributed by atoms with Gasteiger partial charge < -0.3 is 10.1 Å². The van der Waals surface area contributed by atoms with E-state index in [-0.39, 0.29) is 24.0 Å². The summed E-state index contributed by atoms with van der Waals surface area (Å²) < 4.78 is 47.0. The summed E-state index contributed by atoms with van der Waals surface area (Å²) in [6, 6.07) is 11.3. The Bertz CT molecular complexity index is 994. The fourth-order valence-electron chi connectivity index (χ4n) is 4.46. The number of ether oxygens (including phenoxy) is 1. The van der Waals surface area contributed by atoms with Crippen molar-refractivity contribution in [1.82, 2.24) is 4.90 Å². The lowest BCUT2D eigenvalue weighted by Crippen LogP contribution is -2.52. The van der Waals surface area contributed by atoms with Gasteiger partial charge in [0.25, 0.3) is 0 Å². The summed E-state index contributed by atoms with van der Waals surface area (Å²) in [5, 5.41) is 2.49. The van der Waals surface area contributed by atoms with Crippen LogP contribution in [0.5, 0.6) is 5.75 Å². The fourth-order valence-corrected chi connectivity index (χ4v) is 4.46. The first-order valence-electron chi connectivity index (χ1n) is 10.4. The maximum Gasteiger partial charge on any atom is 0.409 e. The van der Waals surface area contributed by atoms with Gasteiger partial charge in [0, 0.05) is 6.04 Å². The molecule has 2 heterocycles. The number of methoxy groups -OCH3 is 1. The number of likely N-dealkylation sites (tertiary alicyclic amines) is 1. The highest BCUT2D eigenvalue weighted by Gasteiger charge is 2.49. The van der Waals surface area contributed by atoms with Gasteiger partial charge in [0.05, 0.1) is 31.5 Å². The van der Waals surface area contributed by atoms with Crippen LogP contribution < -0.4 is 15.0 Å². The highest BCUT2D eigenvalue weighted by Crippen LogP contribution is 2.39. The zero-order chi connectivity index (χ0) is 22.9. The molecule has 2 aliphatic rings. The lowest BCUT2D eigenvalue weighted by molar-refractivity contribution is -0.158. The minimum absolute atomic E-state index is 0.0610. The van der Waals surface area contributed by atoms with E-state index in [2.05, 4.69) is 5.32 Å². The molecule has 0 saturated carbocycles. The average molecular weight is 447 g/mol. The van der Waals surface area contributed by atoms with Crippen LogP contribution in [0.1, 0.15) is 30.9 Å². The molecule has 32 heavy (non-hydrogen) atoms. The molecule has 0 spiro atoms. The number of benzene rings is 2. The maximum atomic E-state index is 13.9. The first-order chi connectivity index (χ1) is 15.3. The van der Waals surface area contributed by atoms with Gasteiger partial charge in [0.1, 0.15) is 11.8 Å². The second-order valence-corrected chi connectivity index (χ2v) is 7.99. The highest BCUT2D eigenvalue weighted by atomic mass is 19.4. The Kier molecular flexibility index (Phi) is 6.10. The van der Waals surface area contributed by atoms with Gasteiger partial charge in [-0.1, -0.05) is 24.3 Å². The van der Waals surface area contributed by atoms with Gasteiger partial charge in [-0.3, -0.25) is 19.4 Å². The van der Waals surface area contributed by atoms with E-state index in [1.165, 1.54) is 12.1 Å². The number of carbonyl (C=O) groups excluding carboxylic acids is 2. The van der Waals surface area contributed by atoms with Crippen molar-refractivity contribution >= 4 is 23.2 Å². The minimum atomic E-state index is -4.75. The molecule has 2 unspecified atom stereocenters. The molecule has 2 aliphatic heterocycles. The van der Waals surface area contributed by atoms with Crippen molar-refractivity contribution in [3.05, 3.63) is 54.1 Å². The molecule has 0 bridgehead atoms. The van der Waals surface area contributed by atoms with Crippen LogP contribution >= 0.6 is 0 Å². The smallest absolute Gasteiger partial charge is 0.409 e. The number of rotatable bonds is 4. The normalized spacial score (nSPS) is 21.6. The lowest BCUT2D eigenvalue weighted by Gasteiger charge is -2.34. The molecular formula is C23H24F3N3O3. The third-order valence-corrected chi connectivity index (χ3v) is 5.98. The topological polar surface area (TPSA) is 61.9 Å². The van der Waals surface area contributed by atoms with E-state index in [9.17, 15) is 22.8 Å². The summed E-state index contributed by atoms with van der Waals surface area (Å²) in [4.78, 5) is 28.1. The zero-order valence-corrected chi connectivity index (χ0v) is 17.6. The number of anilines is 2. The van der Waals surface area contributed by atoms with Crippen molar-refractivity contribution < 1.29 is 27.5 Å². The third kappa shape index (κ3) is 4.43. The predicted molar refractivity (Wildman–Crippen MR) is 114 cm³/mol. The molecule has 170 valence electrons. The molecule has 2 aromatic rings. The molecule has 0 aromatic heterocycles. The molecule has 1 fully saturated rings. The summed E-state index contributed by atoms with van der Waals surface area (Å²) in [5.41, 5.74) is 1.24. The number of hydrogen-bond acceptors (Lipinski definition) is 4. The summed E-state index contributed by atoms with van der Waals surface area (Å²) in [5.74, 6) is -0.746. The highest BCUT2D eigenvalue weighted by molar-refractivity contribution is 6.05. The molecule has 9 heteroatoms. The van der Waals surface area contributed by atoms with Crippen LogP contribution in [-0.2, 0) is 9.59 Å². The Morgan fingerprint density at radius 3 is 2.56 bits per heavy atom. The lowest BCUT2D eigenvalue weighted by atomic mass is 10.0. The van der Waals surface area contributed by atoms with E-state index in [4.69, 9.17) is 4.74 Å². The van der Waals surface area contributed by atoms with E-state index in [0.717, 1.165) is 23.3 Å². The van der Waals surface area contributed by atoms with Crippen LogP contribution in [-0.4, -0.2) is 49.1 Å². The van der Waals surface area contributed by atoms with Crippen LogP contribution in [0.4, 0.5) is 24.5 Å². The predicted octanol–water partition coefficient (Wildman–Crippen LogP) is 4.14. The monoisotopic (exact) mass is 447 g/mol. The van der Waals surface area contributed by atoms with Gasteiger partial charge in [-0.15, -0.1) is 0 Å². The van der Waals surface area contributed by atoms with Gasteiger partial charge in [-0.2, -0.15) is 13.2 Å². The van der Waals surface area contributed by atoms with Crippen molar-refractivity contribution in [3.63, 3.8) is 0 Å². The Labute approximate surface area is 183 Å². The SMILES string of the molecule is COc1ccc(C2CCCN2CC(=O)N2c3ccccc3NC(=O)CC2C(F)(F)F)cc1. The standard InChI is InChI=1S/C23H24F3N3O3/c1-32-16-10-8-15(9-11-16)18-7-4-12-28(18)14-22(31)29-19-6-3-2-5-17(19)27-21(30)13-20(29)23(24,25)26/h2-3,5-6,8-11,18,20H,4,7,12-14H2,1H3,(H,27,30). The van der Waals surface area contributed by atoms with Crippen LogP contribution in [0.2, 0.25) is 0 Å². The van der Waals surface area contributed by atoms with Crippen LogP contribution in [0.15, 0.2) is 48.5 Å². The summed E-state index contributed by atoms with van der Waals surface area (Å²) in [6.45, 7) is 0.428. The Morgan fingerprint density at radius 2 is 1.88 bits per heavy atom. The summed E-state index contributed by atoms with van der Waals surface area (Å²) in [6.07, 6.45) is -3.95. The van der Waals surface area contributed by atoms with E-state index in [0.29, 0.717) is 12.3 Å². The minimum Gasteiger partial charge on any atom is -0.497 e. The molecule has 0 aliphatic carbocycles. The van der Waals surface area contributed by atoms with E-state index in [1.54, 1.807) is 19.2 Å². The average Bonchev–Trinajstić information content (AvgIpc) is 3.15. The molecule has 0 radical (unpaired) electrons. The van der Waals surface area contributed by atoms with Crippen LogP contribution in [0.3, 0.4) is 0 Å². The van der Waals surface area contributed by atoms with Crippen LogP contribution in [0.25, 0.3) is 0 Å². The van der Waals surface area contributed by atoms with Gasteiger partial charge in [-0.25, -0.2) is 0 Å². The third-order valence-electron chi connectivity index (χ3n) is 5.98. The first-order valence-corrected chi connectivity index (χ1v) is 10.4. The number of fused-ring (bicyclic) bond motifs is 1. The van der Waals surface area contributed by atoms with E-state index in [1.807, 2.05) is 29.2 Å². The number of amides is 2. The fraction of sp³-hybridized carbons (Fsp3) is 0.391. The molecule has 2 aromatic carbocycles. The molecule has 4 rings (SSSR count). The number of carbonyl (C=O) groups is 2. The number of nitrogens with one attached hydrogen (secondary N) is 1. The molecule has 6 nitrogen and oxygen atoms in total. The van der Waals surface area contributed by atoms with Crippen molar-refractivity contribution in [2.75, 3.05) is 30.4 Å². The second kappa shape index (κ2) is 8.82. The Morgan fingerprint density at radius 1 is 1.16 bits per heavy atom. The molecular weight excluding hydrogens is 423 g/mol. The first kappa shape index (κ1) is 22.1. The molecule has 2 amide bonds. The number of para-hydroxylation sites is 2. The van der Waals surface area contributed by atoms with E-state index < -0.39 is 30.5 Å². The van der Waals surface area contributed by atoms with Gasteiger partial charge in [0.2, 0.25) is 11.8 Å². The number of hydrogen-bond donors (Lipinski definition) is 1. The number of nitrogens with zero attached hydrogens (tertiary/aromatic N) is 2. The quantitative estimate of drug-likeness (QED) is 0.766. The molecule has 1 N–H and O–H groups in total. The van der Waals surface area contributed by atoms with Crippen molar-refractivity contribution in [2.24, 2.45) is 0 Å². The van der Waals surface area contributed by atoms with Crippen LogP contribution in [0, 0.1) is 0 Å². The van der Waals surface area contributed by atoms with Gasteiger partial charge in [-0.05, 0) is 49.2 Å². The largest absolute Gasteiger partial charge is 0.497 e. The molecule has 1 saturated heterocycles.